The molecule has 3 aromatic rings. The highest BCUT2D eigenvalue weighted by molar-refractivity contribution is 7.21. The lowest BCUT2D eigenvalue weighted by Gasteiger charge is -2.14. The number of rotatable bonds is 5. The van der Waals surface area contributed by atoms with E-state index in [1.807, 2.05) is 0 Å². The minimum absolute atomic E-state index is 0.116. The Morgan fingerprint density at radius 1 is 1.31 bits per heavy atom. The van der Waals surface area contributed by atoms with Gasteiger partial charge >= 0.3 is 5.69 Å². The van der Waals surface area contributed by atoms with Gasteiger partial charge in [-0.1, -0.05) is 0 Å². The average Bonchev–Trinajstić information content (AvgIpc) is 3.29. The van der Waals surface area contributed by atoms with E-state index in [1.54, 1.807) is 12.1 Å². The first-order valence-corrected chi connectivity index (χ1v) is 9.59. The number of thiazole rings is 1. The van der Waals surface area contributed by atoms with Gasteiger partial charge in [0.2, 0.25) is 0 Å². The van der Waals surface area contributed by atoms with Crippen LogP contribution < -0.4 is 20.7 Å². The van der Waals surface area contributed by atoms with Crippen LogP contribution in [-0.4, -0.2) is 57.8 Å². The number of aliphatic hydroxyl groups is 2. The molecule has 0 spiro atoms. The van der Waals surface area contributed by atoms with Crippen LogP contribution in [0.15, 0.2) is 27.9 Å². The highest BCUT2D eigenvalue weighted by atomic mass is 32.1. The van der Waals surface area contributed by atoms with E-state index in [1.165, 1.54) is 36.3 Å². The third-order valence-electron chi connectivity index (χ3n) is 4.79. The number of aromatic nitrogens is 3. The number of aliphatic hydroxyl groups excluding tert-OH is 2. The standard InChI is InChI=1S/C18H19N3O7S/c1-26-11-3-9-14(5-12(11)27-2)29-17(19-9)8-6-21(18(25)20-16(8)24)15-4-10(23)13(7-22)28-15/h3,5-6,10,13,15,22-23H,4,7H2,1-2H3,(H,20,24,25)/t10?,13-,15-/m0/s1. The van der Waals surface area contributed by atoms with Gasteiger partial charge in [0.1, 0.15) is 17.3 Å². The molecular weight excluding hydrogens is 402 g/mol. The zero-order valence-corrected chi connectivity index (χ0v) is 16.4. The molecule has 154 valence electrons. The van der Waals surface area contributed by atoms with E-state index < -0.39 is 29.7 Å². The van der Waals surface area contributed by atoms with Gasteiger partial charge < -0.3 is 24.4 Å². The smallest absolute Gasteiger partial charge is 0.330 e. The van der Waals surface area contributed by atoms with Crippen molar-refractivity contribution in [3.63, 3.8) is 0 Å². The van der Waals surface area contributed by atoms with Gasteiger partial charge in [0.05, 0.1) is 42.7 Å². The fourth-order valence-electron chi connectivity index (χ4n) is 3.27. The SMILES string of the molecule is COc1cc2nc(-c3cn([C@@H]4CC(O)[C@H](CO)O4)c(=O)[nH]c3=O)sc2cc1OC. The van der Waals surface area contributed by atoms with Crippen molar-refractivity contribution < 1.29 is 24.4 Å². The molecule has 29 heavy (non-hydrogen) atoms. The molecule has 11 heteroatoms. The van der Waals surface area contributed by atoms with Crippen LogP contribution in [0.4, 0.5) is 0 Å². The second kappa shape index (κ2) is 7.59. The maximum atomic E-state index is 12.4. The van der Waals surface area contributed by atoms with Crippen molar-refractivity contribution in [1.29, 1.82) is 0 Å². The Morgan fingerprint density at radius 2 is 2.03 bits per heavy atom. The number of ether oxygens (including phenoxy) is 3. The Bertz CT molecular complexity index is 1130. The monoisotopic (exact) mass is 421 g/mol. The van der Waals surface area contributed by atoms with Gasteiger partial charge in [-0.25, -0.2) is 9.78 Å². The molecule has 1 aliphatic heterocycles. The van der Waals surface area contributed by atoms with Crippen molar-refractivity contribution in [2.75, 3.05) is 20.8 Å². The summed E-state index contributed by atoms with van der Waals surface area (Å²) in [6.45, 7) is -0.371. The predicted octanol–water partition coefficient (Wildman–Crippen LogP) is 0.471. The van der Waals surface area contributed by atoms with Gasteiger partial charge in [-0.2, -0.15) is 0 Å². The summed E-state index contributed by atoms with van der Waals surface area (Å²) < 4.78 is 18.1. The molecule has 3 atom stereocenters. The summed E-state index contributed by atoms with van der Waals surface area (Å²) in [5.74, 6) is 1.05. The van der Waals surface area contributed by atoms with Gasteiger partial charge in [-0.15, -0.1) is 11.3 Å². The van der Waals surface area contributed by atoms with E-state index in [-0.39, 0.29) is 18.6 Å². The first kappa shape index (κ1) is 19.6. The molecule has 0 saturated carbocycles. The molecule has 3 N–H and O–H groups in total. The number of aromatic amines is 1. The Balaban J connectivity index is 1.79. The second-order valence-corrected chi connectivity index (χ2v) is 7.55. The molecule has 3 heterocycles. The first-order valence-electron chi connectivity index (χ1n) is 8.78. The van der Waals surface area contributed by atoms with Crippen molar-refractivity contribution in [3.05, 3.63) is 39.2 Å². The zero-order chi connectivity index (χ0) is 20.7. The molecule has 0 bridgehead atoms. The topological polar surface area (TPSA) is 136 Å². The molecule has 4 rings (SSSR count). The lowest BCUT2D eigenvalue weighted by molar-refractivity contribution is -0.0458. The zero-order valence-electron chi connectivity index (χ0n) is 15.6. The number of nitrogens with one attached hydrogen (secondary N) is 1. The number of hydrogen-bond acceptors (Lipinski definition) is 9. The molecule has 1 unspecified atom stereocenters. The molecular formula is C18H19N3O7S. The number of H-pyrrole nitrogens is 1. The average molecular weight is 421 g/mol. The quantitative estimate of drug-likeness (QED) is 0.541. The maximum Gasteiger partial charge on any atom is 0.330 e. The van der Waals surface area contributed by atoms with Gasteiger partial charge in [0, 0.05) is 24.8 Å². The van der Waals surface area contributed by atoms with Crippen molar-refractivity contribution in [1.82, 2.24) is 14.5 Å². The second-order valence-electron chi connectivity index (χ2n) is 6.52. The summed E-state index contributed by atoms with van der Waals surface area (Å²) in [4.78, 5) is 31.5. The summed E-state index contributed by atoms with van der Waals surface area (Å²) in [5, 5.41) is 19.6. The summed E-state index contributed by atoms with van der Waals surface area (Å²) in [5.41, 5.74) is -0.442. The third kappa shape index (κ3) is 3.42. The lowest BCUT2D eigenvalue weighted by atomic mass is 10.2. The van der Waals surface area contributed by atoms with Crippen LogP contribution >= 0.6 is 11.3 Å². The van der Waals surface area contributed by atoms with Gasteiger partial charge in [-0.05, 0) is 0 Å². The van der Waals surface area contributed by atoms with Gasteiger partial charge in [0.15, 0.2) is 11.5 Å². The van der Waals surface area contributed by atoms with E-state index in [9.17, 15) is 19.8 Å². The molecule has 0 radical (unpaired) electrons. The van der Waals surface area contributed by atoms with Gasteiger partial charge in [-0.3, -0.25) is 14.3 Å². The Labute approximate surface area is 167 Å². The minimum Gasteiger partial charge on any atom is -0.493 e. The van der Waals surface area contributed by atoms with Crippen LogP contribution in [0, 0.1) is 0 Å². The van der Waals surface area contributed by atoms with Crippen LogP contribution in [0.2, 0.25) is 0 Å². The van der Waals surface area contributed by atoms with Crippen molar-refractivity contribution in [2.45, 2.75) is 24.9 Å². The fraction of sp³-hybridized carbons (Fsp3) is 0.389. The Morgan fingerprint density at radius 3 is 2.69 bits per heavy atom. The Hall–Kier alpha value is -2.73. The van der Waals surface area contributed by atoms with E-state index in [0.29, 0.717) is 22.0 Å². The molecule has 1 fully saturated rings. The molecule has 1 aromatic carbocycles. The minimum atomic E-state index is -0.908. The summed E-state index contributed by atoms with van der Waals surface area (Å²) in [6, 6.07) is 3.47. The predicted molar refractivity (Wildman–Crippen MR) is 105 cm³/mol. The summed E-state index contributed by atoms with van der Waals surface area (Å²) in [6.07, 6.45) is -1.02. The van der Waals surface area contributed by atoms with E-state index in [0.717, 1.165) is 4.70 Å². The first-order chi connectivity index (χ1) is 13.9. The normalized spacial score (nSPS) is 21.6. The summed E-state index contributed by atoms with van der Waals surface area (Å²) >= 11 is 1.26. The van der Waals surface area contributed by atoms with E-state index in [4.69, 9.17) is 14.2 Å². The molecule has 0 aliphatic carbocycles. The number of fused-ring (bicyclic) bond motifs is 1. The number of benzene rings is 1. The van der Waals surface area contributed by atoms with Crippen molar-refractivity contribution in [3.8, 4) is 22.1 Å². The van der Waals surface area contributed by atoms with Crippen molar-refractivity contribution >= 4 is 21.6 Å². The molecule has 2 aromatic heterocycles. The van der Waals surface area contributed by atoms with E-state index in [2.05, 4.69) is 9.97 Å². The van der Waals surface area contributed by atoms with Crippen LogP contribution in [0.3, 0.4) is 0 Å². The van der Waals surface area contributed by atoms with Gasteiger partial charge in [0.25, 0.3) is 5.56 Å². The number of hydrogen-bond donors (Lipinski definition) is 3. The number of methoxy groups -OCH3 is 2. The van der Waals surface area contributed by atoms with E-state index >= 15 is 0 Å². The molecule has 10 nitrogen and oxygen atoms in total. The highest BCUT2D eigenvalue weighted by Crippen LogP contribution is 2.37. The summed E-state index contributed by atoms with van der Waals surface area (Å²) in [7, 11) is 3.05. The lowest BCUT2D eigenvalue weighted by Crippen LogP contribution is -2.33. The van der Waals surface area contributed by atoms with Crippen LogP contribution in [0.1, 0.15) is 12.6 Å². The third-order valence-corrected chi connectivity index (χ3v) is 5.84. The van der Waals surface area contributed by atoms with Crippen molar-refractivity contribution in [2.24, 2.45) is 0 Å². The largest absolute Gasteiger partial charge is 0.493 e. The van der Waals surface area contributed by atoms with Crippen LogP contribution in [-0.2, 0) is 4.74 Å². The maximum absolute atomic E-state index is 12.4. The fourth-order valence-corrected chi connectivity index (χ4v) is 4.25. The van der Waals surface area contributed by atoms with Crippen LogP contribution in [0.5, 0.6) is 11.5 Å². The molecule has 1 saturated heterocycles. The van der Waals surface area contributed by atoms with Crippen LogP contribution in [0.25, 0.3) is 20.8 Å². The molecule has 1 aliphatic rings. The Kier molecular flexibility index (Phi) is 5.13. The molecule has 0 amide bonds. The number of nitrogens with zero attached hydrogens (tertiary/aromatic N) is 2. The highest BCUT2D eigenvalue weighted by Gasteiger charge is 2.35.